The summed E-state index contributed by atoms with van der Waals surface area (Å²) < 4.78 is 4.51. The van der Waals surface area contributed by atoms with Crippen LogP contribution in [0.1, 0.15) is 23.2 Å². The third kappa shape index (κ3) is 7.05. The molecule has 0 aliphatic rings. The lowest BCUT2D eigenvalue weighted by Gasteiger charge is -2.08. The molecule has 7 nitrogen and oxygen atoms in total. The summed E-state index contributed by atoms with van der Waals surface area (Å²) in [6.07, 6.45) is 1.01. The van der Waals surface area contributed by atoms with Gasteiger partial charge in [0.05, 0.1) is 7.11 Å². The van der Waals surface area contributed by atoms with E-state index in [0.29, 0.717) is 24.9 Å². The number of carbonyl (C=O) groups is 2. The Hall–Kier alpha value is -2.12. The first kappa shape index (κ1) is 19.9. The van der Waals surface area contributed by atoms with Crippen LogP contribution in [0.15, 0.2) is 35.3 Å². The lowest BCUT2D eigenvalue weighted by Crippen LogP contribution is -2.37. The highest BCUT2D eigenvalue weighted by atomic mass is 35.5. The molecule has 122 valence electrons. The van der Waals surface area contributed by atoms with Gasteiger partial charge >= 0.3 is 5.97 Å². The lowest BCUT2D eigenvalue weighted by molar-refractivity contribution is -0.142. The van der Waals surface area contributed by atoms with Gasteiger partial charge in [-0.05, 0) is 25.0 Å². The normalized spacial score (nSPS) is 12.0. The minimum Gasteiger partial charge on any atom is -0.468 e. The van der Waals surface area contributed by atoms with Crippen LogP contribution in [-0.2, 0) is 9.53 Å². The quantitative estimate of drug-likeness (QED) is 0.303. The number of rotatable bonds is 6. The van der Waals surface area contributed by atoms with Crippen LogP contribution < -0.4 is 16.8 Å². The van der Waals surface area contributed by atoms with Gasteiger partial charge in [0.25, 0.3) is 5.91 Å². The van der Waals surface area contributed by atoms with E-state index in [0.717, 1.165) is 0 Å². The zero-order valence-corrected chi connectivity index (χ0v) is 13.1. The van der Waals surface area contributed by atoms with Crippen molar-refractivity contribution in [1.29, 1.82) is 0 Å². The average Bonchev–Trinajstić information content (AvgIpc) is 2.51. The largest absolute Gasteiger partial charge is 0.468 e. The van der Waals surface area contributed by atoms with Gasteiger partial charge in [0.15, 0.2) is 5.96 Å². The first-order chi connectivity index (χ1) is 10.0. The molecule has 0 saturated heterocycles. The number of ether oxygens (including phenoxy) is 1. The van der Waals surface area contributed by atoms with Gasteiger partial charge in [0.1, 0.15) is 6.04 Å². The van der Waals surface area contributed by atoms with Crippen LogP contribution in [0.2, 0.25) is 0 Å². The maximum atomic E-state index is 11.8. The number of nitrogens with one attached hydrogen (secondary N) is 1. The summed E-state index contributed by atoms with van der Waals surface area (Å²) in [6.45, 7) is 0.367. The monoisotopic (exact) mass is 328 g/mol. The molecule has 0 unspecified atom stereocenters. The minimum atomic E-state index is -0.662. The van der Waals surface area contributed by atoms with E-state index in [-0.39, 0.29) is 24.3 Å². The molecular formula is C14H21ClN4O3. The van der Waals surface area contributed by atoms with Gasteiger partial charge in [-0.1, -0.05) is 18.2 Å². The van der Waals surface area contributed by atoms with Crippen LogP contribution in [0.25, 0.3) is 0 Å². The summed E-state index contributed by atoms with van der Waals surface area (Å²) in [5.41, 5.74) is 11.7. The van der Waals surface area contributed by atoms with Crippen molar-refractivity contribution in [2.75, 3.05) is 13.7 Å². The summed E-state index contributed by atoms with van der Waals surface area (Å²) in [5, 5.41) is 2.48. The zero-order chi connectivity index (χ0) is 15.7. The molecule has 5 N–H and O–H groups in total. The summed E-state index contributed by atoms with van der Waals surface area (Å²) in [5.74, 6) is -0.733. The number of hydrogen-bond donors (Lipinski definition) is 3. The Balaban J connectivity index is 0.00000441. The number of guanidine groups is 1. The Kier molecular flexibility index (Phi) is 9.56. The number of nitrogens with zero attached hydrogens (tertiary/aromatic N) is 1. The van der Waals surface area contributed by atoms with E-state index in [4.69, 9.17) is 11.5 Å². The van der Waals surface area contributed by atoms with Crippen LogP contribution >= 0.6 is 12.4 Å². The van der Waals surface area contributed by atoms with Crippen molar-refractivity contribution in [3.8, 4) is 0 Å². The maximum Gasteiger partial charge on any atom is 0.322 e. The van der Waals surface area contributed by atoms with Crippen LogP contribution in [0, 0.1) is 0 Å². The van der Waals surface area contributed by atoms with Crippen LogP contribution in [0.5, 0.6) is 0 Å². The summed E-state index contributed by atoms with van der Waals surface area (Å²) in [6, 6.07) is 8.03. The predicted octanol–water partition coefficient (Wildman–Crippen LogP) is 0.433. The Labute approximate surface area is 135 Å². The lowest BCUT2D eigenvalue weighted by atomic mass is 10.2. The van der Waals surface area contributed by atoms with E-state index in [1.807, 2.05) is 6.07 Å². The van der Waals surface area contributed by atoms with Gasteiger partial charge in [-0.15, -0.1) is 12.4 Å². The van der Waals surface area contributed by atoms with Crippen LogP contribution in [0.3, 0.4) is 0 Å². The number of aliphatic imine (C=N–C) groups is 1. The zero-order valence-electron chi connectivity index (χ0n) is 12.3. The Morgan fingerprint density at radius 3 is 2.55 bits per heavy atom. The predicted molar refractivity (Wildman–Crippen MR) is 86.9 cm³/mol. The molecule has 0 radical (unpaired) electrons. The highest BCUT2D eigenvalue weighted by Gasteiger charge is 2.12. The first-order valence-corrected chi connectivity index (χ1v) is 6.54. The number of carbonyl (C=O) groups excluding carboxylic acids is 2. The molecular weight excluding hydrogens is 308 g/mol. The Bertz CT molecular complexity index is 508. The number of halogens is 1. The van der Waals surface area contributed by atoms with Gasteiger partial charge in [-0.25, -0.2) is 0 Å². The second-order valence-corrected chi connectivity index (χ2v) is 4.36. The second-order valence-electron chi connectivity index (χ2n) is 4.36. The molecule has 1 amide bonds. The van der Waals surface area contributed by atoms with E-state index in [1.54, 1.807) is 24.3 Å². The summed E-state index contributed by atoms with van der Waals surface area (Å²) in [7, 11) is 1.29. The average molecular weight is 329 g/mol. The highest BCUT2D eigenvalue weighted by molar-refractivity contribution is 6.05. The number of esters is 1. The highest BCUT2D eigenvalue weighted by Crippen LogP contribution is 1.98. The minimum absolute atomic E-state index is 0. The molecule has 1 rings (SSSR count). The third-order valence-corrected chi connectivity index (χ3v) is 2.74. The molecule has 0 saturated carbocycles. The van der Waals surface area contributed by atoms with Crippen LogP contribution in [-0.4, -0.2) is 37.5 Å². The molecule has 0 fully saturated rings. The van der Waals surface area contributed by atoms with Crippen molar-refractivity contribution in [2.45, 2.75) is 18.9 Å². The molecule has 1 aromatic rings. The van der Waals surface area contributed by atoms with E-state index in [2.05, 4.69) is 15.0 Å². The van der Waals surface area contributed by atoms with E-state index in [1.165, 1.54) is 7.11 Å². The van der Waals surface area contributed by atoms with Crippen molar-refractivity contribution in [1.82, 2.24) is 5.32 Å². The number of methoxy groups -OCH3 is 1. The molecule has 1 atom stereocenters. The fourth-order valence-corrected chi connectivity index (χ4v) is 1.60. The molecule has 1 aromatic carbocycles. The van der Waals surface area contributed by atoms with Crippen molar-refractivity contribution in [3.63, 3.8) is 0 Å². The SMILES string of the molecule is COC(=O)[C@@H](N)CCCN=C(N)NC(=O)c1ccccc1.Cl. The summed E-state index contributed by atoms with van der Waals surface area (Å²) >= 11 is 0. The fourth-order valence-electron chi connectivity index (χ4n) is 1.60. The maximum absolute atomic E-state index is 11.8. The third-order valence-electron chi connectivity index (χ3n) is 2.74. The van der Waals surface area contributed by atoms with E-state index < -0.39 is 12.0 Å². The summed E-state index contributed by atoms with van der Waals surface area (Å²) in [4.78, 5) is 26.9. The molecule has 0 aliphatic heterocycles. The molecule has 0 aliphatic carbocycles. The number of nitrogens with two attached hydrogens (primary N) is 2. The van der Waals surface area contributed by atoms with Crippen molar-refractivity contribution in [3.05, 3.63) is 35.9 Å². The van der Waals surface area contributed by atoms with Gasteiger partial charge in [0, 0.05) is 12.1 Å². The fraction of sp³-hybridized carbons (Fsp3) is 0.357. The Morgan fingerprint density at radius 2 is 1.95 bits per heavy atom. The molecule has 0 heterocycles. The molecule has 8 heteroatoms. The van der Waals surface area contributed by atoms with Gasteiger partial charge in [-0.3, -0.25) is 19.9 Å². The molecule has 0 aromatic heterocycles. The molecule has 22 heavy (non-hydrogen) atoms. The number of benzene rings is 1. The Morgan fingerprint density at radius 1 is 1.32 bits per heavy atom. The van der Waals surface area contributed by atoms with Crippen molar-refractivity contribution < 1.29 is 14.3 Å². The van der Waals surface area contributed by atoms with E-state index in [9.17, 15) is 9.59 Å². The molecule has 0 bridgehead atoms. The van der Waals surface area contributed by atoms with E-state index >= 15 is 0 Å². The smallest absolute Gasteiger partial charge is 0.322 e. The standard InChI is InChI=1S/C14H20N4O3.ClH/c1-21-13(20)11(15)8-5-9-17-14(16)18-12(19)10-6-3-2-4-7-10;/h2-4,6-7,11H,5,8-9,15H2,1H3,(H3,16,17,18,19);1H/t11-;/m0./s1. The van der Waals surface area contributed by atoms with Gasteiger partial charge < -0.3 is 16.2 Å². The first-order valence-electron chi connectivity index (χ1n) is 6.54. The topological polar surface area (TPSA) is 120 Å². The number of amides is 1. The van der Waals surface area contributed by atoms with Crippen molar-refractivity contribution in [2.24, 2.45) is 16.5 Å². The van der Waals surface area contributed by atoms with Crippen molar-refractivity contribution >= 4 is 30.2 Å². The second kappa shape index (κ2) is 10.6. The van der Waals surface area contributed by atoms with Gasteiger partial charge in [-0.2, -0.15) is 0 Å². The molecule has 0 spiro atoms. The number of hydrogen-bond acceptors (Lipinski definition) is 5. The van der Waals surface area contributed by atoms with Crippen LogP contribution in [0.4, 0.5) is 0 Å². The van der Waals surface area contributed by atoms with Gasteiger partial charge in [0.2, 0.25) is 0 Å².